The predicted octanol–water partition coefficient (Wildman–Crippen LogP) is 1.95. The molecule has 0 aliphatic heterocycles. The molecule has 44 valence electrons. The highest BCUT2D eigenvalue weighted by Crippen LogP contribution is 1.87. The summed E-state index contributed by atoms with van der Waals surface area (Å²) in [5.41, 5.74) is 0. The van der Waals surface area contributed by atoms with E-state index in [1.165, 1.54) is 0 Å². The van der Waals surface area contributed by atoms with Gasteiger partial charge >= 0.3 is 0 Å². The predicted molar refractivity (Wildman–Crippen MR) is 35.9 cm³/mol. The Labute approximate surface area is 54.9 Å². The van der Waals surface area contributed by atoms with Crippen molar-refractivity contribution in [3.8, 4) is 0 Å². The Hall–Kier alpha value is 0.150. The Morgan fingerprint density at radius 3 is 2.29 bits per heavy atom. The number of aldehydes is 1. The minimum atomic E-state index is 0. The van der Waals surface area contributed by atoms with E-state index in [1.807, 2.05) is 0 Å². The van der Waals surface area contributed by atoms with Crippen LogP contribution < -0.4 is 0 Å². The number of carbonyl (C=O) groups excluding carboxylic acids is 1. The van der Waals surface area contributed by atoms with Crippen LogP contribution in [0.5, 0.6) is 0 Å². The van der Waals surface area contributed by atoms with Crippen molar-refractivity contribution in [1.82, 2.24) is 0 Å². The normalized spacial score (nSPS) is 7.00. The van der Waals surface area contributed by atoms with E-state index in [0.717, 1.165) is 25.5 Å². The van der Waals surface area contributed by atoms with Crippen LogP contribution >= 0.6 is 17.0 Å². The minimum Gasteiger partial charge on any atom is -0.303 e. The van der Waals surface area contributed by atoms with Crippen molar-refractivity contribution < 1.29 is 4.79 Å². The second-order valence-electron chi connectivity index (χ2n) is 1.31. The van der Waals surface area contributed by atoms with E-state index in [-0.39, 0.29) is 17.0 Å². The van der Waals surface area contributed by atoms with Crippen LogP contribution in [-0.2, 0) is 4.79 Å². The number of carbonyl (C=O) groups is 1. The second-order valence-corrected chi connectivity index (χ2v) is 1.31. The van der Waals surface area contributed by atoms with Gasteiger partial charge in [0, 0.05) is 6.42 Å². The molecule has 7 heavy (non-hydrogen) atoms. The SMILES string of the molecule is Br.CCCCC=O. The van der Waals surface area contributed by atoms with Crippen LogP contribution in [0.15, 0.2) is 0 Å². The first-order chi connectivity index (χ1) is 2.91. The summed E-state index contributed by atoms with van der Waals surface area (Å²) >= 11 is 0. The maximum atomic E-state index is 9.56. The maximum Gasteiger partial charge on any atom is 0.119 e. The minimum absolute atomic E-state index is 0. The van der Waals surface area contributed by atoms with Crippen molar-refractivity contribution >= 4 is 23.3 Å². The quantitative estimate of drug-likeness (QED) is 0.463. The Kier molecular flexibility index (Phi) is 13.8. The fourth-order valence-electron chi connectivity index (χ4n) is 0.287. The molecule has 0 fully saturated rings. The molecule has 0 spiro atoms. The van der Waals surface area contributed by atoms with Crippen LogP contribution in [0, 0.1) is 0 Å². The standard InChI is InChI=1S/C5H10O.BrH/c1-2-3-4-5-6;/h5H,2-4H2,1H3;1H. The molecule has 0 aliphatic carbocycles. The molecule has 0 heterocycles. The van der Waals surface area contributed by atoms with Gasteiger partial charge in [-0.25, -0.2) is 0 Å². The monoisotopic (exact) mass is 166 g/mol. The fraction of sp³-hybridized carbons (Fsp3) is 0.800. The molecule has 0 bridgehead atoms. The molecular weight excluding hydrogens is 156 g/mol. The number of hydrogen-bond acceptors (Lipinski definition) is 1. The molecule has 0 saturated carbocycles. The van der Waals surface area contributed by atoms with Crippen molar-refractivity contribution in [3.05, 3.63) is 0 Å². The average Bonchev–Trinajstić information content (AvgIpc) is 1.61. The van der Waals surface area contributed by atoms with Gasteiger partial charge in [0.25, 0.3) is 0 Å². The zero-order chi connectivity index (χ0) is 4.83. The highest BCUT2D eigenvalue weighted by molar-refractivity contribution is 8.93. The molecule has 0 aromatic heterocycles. The van der Waals surface area contributed by atoms with Crippen molar-refractivity contribution in [1.29, 1.82) is 0 Å². The lowest BCUT2D eigenvalue weighted by Crippen LogP contribution is -1.70. The van der Waals surface area contributed by atoms with Crippen LogP contribution in [0.25, 0.3) is 0 Å². The van der Waals surface area contributed by atoms with Crippen LogP contribution in [0.3, 0.4) is 0 Å². The third-order valence-corrected chi connectivity index (χ3v) is 0.676. The van der Waals surface area contributed by atoms with Crippen molar-refractivity contribution in [3.63, 3.8) is 0 Å². The third-order valence-electron chi connectivity index (χ3n) is 0.676. The van der Waals surface area contributed by atoms with Gasteiger partial charge < -0.3 is 4.79 Å². The Morgan fingerprint density at radius 2 is 2.14 bits per heavy atom. The smallest absolute Gasteiger partial charge is 0.119 e. The molecule has 2 heteroatoms. The molecule has 0 unspecified atom stereocenters. The van der Waals surface area contributed by atoms with E-state index in [1.54, 1.807) is 0 Å². The van der Waals surface area contributed by atoms with Gasteiger partial charge in [-0.2, -0.15) is 0 Å². The summed E-state index contributed by atoms with van der Waals surface area (Å²) in [5.74, 6) is 0. The first-order valence-corrected chi connectivity index (χ1v) is 2.35. The van der Waals surface area contributed by atoms with Gasteiger partial charge in [-0.3, -0.25) is 0 Å². The number of rotatable bonds is 3. The first-order valence-electron chi connectivity index (χ1n) is 2.35. The van der Waals surface area contributed by atoms with Crippen LogP contribution in [-0.4, -0.2) is 6.29 Å². The lowest BCUT2D eigenvalue weighted by molar-refractivity contribution is -0.107. The Balaban J connectivity index is 0. The molecular formula is C5H11BrO. The highest BCUT2D eigenvalue weighted by Gasteiger charge is 1.74. The molecule has 0 N–H and O–H groups in total. The Morgan fingerprint density at radius 1 is 1.57 bits per heavy atom. The molecule has 0 radical (unpaired) electrons. The van der Waals surface area contributed by atoms with Gasteiger partial charge in [0.15, 0.2) is 0 Å². The summed E-state index contributed by atoms with van der Waals surface area (Å²) in [6.45, 7) is 2.07. The molecule has 0 saturated heterocycles. The summed E-state index contributed by atoms with van der Waals surface area (Å²) < 4.78 is 0. The van der Waals surface area contributed by atoms with E-state index >= 15 is 0 Å². The molecule has 0 atom stereocenters. The number of unbranched alkanes of at least 4 members (excludes halogenated alkanes) is 2. The number of halogens is 1. The molecule has 0 aromatic rings. The van der Waals surface area contributed by atoms with E-state index in [0.29, 0.717) is 0 Å². The van der Waals surface area contributed by atoms with Gasteiger partial charge in [0.05, 0.1) is 0 Å². The largest absolute Gasteiger partial charge is 0.303 e. The van der Waals surface area contributed by atoms with Gasteiger partial charge in [-0.15, -0.1) is 17.0 Å². The molecule has 1 nitrogen and oxygen atoms in total. The maximum absolute atomic E-state index is 9.56. The third kappa shape index (κ3) is 10.7. The summed E-state index contributed by atoms with van der Waals surface area (Å²) in [7, 11) is 0. The average molecular weight is 167 g/mol. The zero-order valence-electron chi connectivity index (χ0n) is 4.52. The summed E-state index contributed by atoms with van der Waals surface area (Å²) in [4.78, 5) is 9.56. The fourth-order valence-corrected chi connectivity index (χ4v) is 0.287. The van der Waals surface area contributed by atoms with Crippen LogP contribution in [0.2, 0.25) is 0 Å². The van der Waals surface area contributed by atoms with E-state index in [9.17, 15) is 4.79 Å². The van der Waals surface area contributed by atoms with Crippen LogP contribution in [0.1, 0.15) is 26.2 Å². The van der Waals surface area contributed by atoms with E-state index in [2.05, 4.69) is 6.92 Å². The summed E-state index contributed by atoms with van der Waals surface area (Å²) in [6.07, 6.45) is 3.86. The van der Waals surface area contributed by atoms with Gasteiger partial charge in [0.1, 0.15) is 6.29 Å². The van der Waals surface area contributed by atoms with Gasteiger partial charge in [-0.05, 0) is 6.42 Å². The van der Waals surface area contributed by atoms with Crippen molar-refractivity contribution in [2.75, 3.05) is 0 Å². The summed E-state index contributed by atoms with van der Waals surface area (Å²) in [6, 6.07) is 0. The van der Waals surface area contributed by atoms with Crippen molar-refractivity contribution in [2.45, 2.75) is 26.2 Å². The Bertz CT molecular complexity index is 37.1. The zero-order valence-corrected chi connectivity index (χ0v) is 6.23. The molecule has 0 amide bonds. The second kappa shape index (κ2) is 9.47. The highest BCUT2D eigenvalue weighted by atomic mass is 79.9. The van der Waals surface area contributed by atoms with Gasteiger partial charge in [0.2, 0.25) is 0 Å². The van der Waals surface area contributed by atoms with E-state index < -0.39 is 0 Å². The van der Waals surface area contributed by atoms with Crippen LogP contribution in [0.4, 0.5) is 0 Å². The molecule has 0 rings (SSSR count). The topological polar surface area (TPSA) is 17.1 Å². The van der Waals surface area contributed by atoms with E-state index in [4.69, 9.17) is 0 Å². The molecule has 0 aliphatic rings. The lowest BCUT2D eigenvalue weighted by Gasteiger charge is -1.79. The van der Waals surface area contributed by atoms with Crippen molar-refractivity contribution in [2.24, 2.45) is 0 Å². The lowest BCUT2D eigenvalue weighted by atomic mass is 10.3. The van der Waals surface area contributed by atoms with Gasteiger partial charge in [-0.1, -0.05) is 13.3 Å². The summed E-state index contributed by atoms with van der Waals surface area (Å²) in [5, 5.41) is 0. The first kappa shape index (κ1) is 10.2. The molecule has 0 aromatic carbocycles. The number of hydrogen-bond donors (Lipinski definition) is 0.